The van der Waals surface area contributed by atoms with Crippen molar-refractivity contribution in [1.82, 2.24) is 14.6 Å². The van der Waals surface area contributed by atoms with Crippen molar-refractivity contribution < 1.29 is 9.53 Å². The molecule has 0 saturated heterocycles. The zero-order valence-electron chi connectivity index (χ0n) is 19.7. The van der Waals surface area contributed by atoms with Gasteiger partial charge in [0, 0.05) is 40.6 Å². The fourth-order valence-electron chi connectivity index (χ4n) is 3.76. The Balaban J connectivity index is 1.28. The van der Waals surface area contributed by atoms with Gasteiger partial charge in [-0.05, 0) is 51.8 Å². The van der Waals surface area contributed by atoms with E-state index in [2.05, 4.69) is 37.0 Å². The molecule has 0 aliphatic heterocycles. The number of hydrogen-bond acceptors (Lipinski definition) is 5. The summed E-state index contributed by atoms with van der Waals surface area (Å²) in [5.41, 5.74) is 4.60. The molecule has 0 fully saturated rings. The van der Waals surface area contributed by atoms with Crippen molar-refractivity contribution in [1.29, 1.82) is 0 Å². The van der Waals surface area contributed by atoms with E-state index in [4.69, 9.17) is 21.3 Å². The Kier molecular flexibility index (Phi) is 7.25. The number of anilines is 3. The second kappa shape index (κ2) is 10.9. The molecule has 37 heavy (non-hydrogen) atoms. The molecular weight excluding hydrogens is 556 g/mol. The molecule has 2 heterocycles. The standard InChI is InChI=1S/C27H22BrClN6O2/c1-37-20-6-4-5-19(13-20)33-27(36)32-18-11-9-17(10-12-18)15-30-25-14-24(21-7-2-3-8-23(21)29)34-26-22(28)16-31-35(25)26/h2-14,16,30H,15H2,1H3,(H2,32,33,36). The maximum atomic E-state index is 12.4. The molecule has 3 aromatic carbocycles. The van der Waals surface area contributed by atoms with Crippen LogP contribution in [0.15, 0.2) is 89.5 Å². The number of aromatic nitrogens is 3. The molecule has 8 nitrogen and oxygen atoms in total. The minimum Gasteiger partial charge on any atom is -0.497 e. The van der Waals surface area contributed by atoms with E-state index in [1.807, 2.05) is 66.7 Å². The smallest absolute Gasteiger partial charge is 0.323 e. The Morgan fingerprint density at radius 1 is 1.00 bits per heavy atom. The van der Waals surface area contributed by atoms with E-state index < -0.39 is 0 Å². The molecule has 186 valence electrons. The van der Waals surface area contributed by atoms with Crippen LogP contribution >= 0.6 is 27.5 Å². The number of nitrogens with one attached hydrogen (secondary N) is 3. The lowest BCUT2D eigenvalue weighted by molar-refractivity contribution is 0.262. The van der Waals surface area contributed by atoms with E-state index >= 15 is 0 Å². The van der Waals surface area contributed by atoms with E-state index in [1.54, 1.807) is 30.0 Å². The number of rotatable bonds is 7. The van der Waals surface area contributed by atoms with Crippen LogP contribution < -0.4 is 20.7 Å². The summed E-state index contributed by atoms with van der Waals surface area (Å²) in [7, 11) is 1.58. The van der Waals surface area contributed by atoms with Crippen molar-refractivity contribution in [3.63, 3.8) is 0 Å². The number of amides is 2. The SMILES string of the molecule is COc1cccc(NC(=O)Nc2ccc(CNc3cc(-c4ccccc4Cl)nc4c(Br)cnn34)cc2)c1. The Labute approximate surface area is 226 Å². The Hall–Kier alpha value is -4.08. The van der Waals surface area contributed by atoms with Crippen LogP contribution in [0.2, 0.25) is 5.02 Å². The number of carbonyl (C=O) groups is 1. The van der Waals surface area contributed by atoms with Crippen molar-refractivity contribution >= 4 is 56.4 Å². The number of ether oxygens (including phenoxy) is 1. The minimum absolute atomic E-state index is 0.338. The molecule has 10 heteroatoms. The lowest BCUT2D eigenvalue weighted by Gasteiger charge is -2.12. The van der Waals surface area contributed by atoms with Gasteiger partial charge >= 0.3 is 6.03 Å². The summed E-state index contributed by atoms with van der Waals surface area (Å²) < 4.78 is 7.71. The molecule has 0 atom stereocenters. The zero-order valence-corrected chi connectivity index (χ0v) is 22.0. The second-order valence-electron chi connectivity index (χ2n) is 8.10. The van der Waals surface area contributed by atoms with Crippen molar-refractivity contribution in [2.45, 2.75) is 6.54 Å². The van der Waals surface area contributed by atoms with Crippen LogP contribution in [0.4, 0.5) is 22.0 Å². The third kappa shape index (κ3) is 5.68. The maximum absolute atomic E-state index is 12.4. The Morgan fingerprint density at radius 3 is 2.57 bits per heavy atom. The van der Waals surface area contributed by atoms with E-state index in [-0.39, 0.29) is 6.03 Å². The van der Waals surface area contributed by atoms with Gasteiger partial charge in [-0.3, -0.25) is 0 Å². The summed E-state index contributed by atoms with van der Waals surface area (Å²) in [4.78, 5) is 17.1. The van der Waals surface area contributed by atoms with E-state index in [0.717, 1.165) is 27.1 Å². The Bertz CT molecular complexity index is 1570. The van der Waals surface area contributed by atoms with Gasteiger partial charge in [-0.25, -0.2) is 9.78 Å². The van der Waals surface area contributed by atoms with Crippen molar-refractivity contribution in [3.05, 3.63) is 100 Å². The first kappa shape index (κ1) is 24.6. The van der Waals surface area contributed by atoms with Gasteiger partial charge in [0.15, 0.2) is 5.65 Å². The molecule has 2 aromatic heterocycles. The van der Waals surface area contributed by atoms with Gasteiger partial charge in [-0.2, -0.15) is 9.61 Å². The van der Waals surface area contributed by atoms with Gasteiger partial charge in [0.2, 0.25) is 0 Å². The summed E-state index contributed by atoms with van der Waals surface area (Å²) in [6.45, 7) is 0.537. The molecule has 0 saturated carbocycles. The highest BCUT2D eigenvalue weighted by atomic mass is 79.9. The number of hydrogen-bond donors (Lipinski definition) is 3. The summed E-state index contributed by atoms with van der Waals surface area (Å²) in [6, 6.07) is 23.9. The quantitative estimate of drug-likeness (QED) is 0.192. The van der Waals surface area contributed by atoms with Crippen LogP contribution in [-0.2, 0) is 6.54 Å². The van der Waals surface area contributed by atoms with E-state index in [0.29, 0.717) is 34.3 Å². The van der Waals surface area contributed by atoms with Crippen LogP contribution in [0, 0.1) is 0 Å². The molecule has 0 spiro atoms. The number of halogens is 2. The second-order valence-corrected chi connectivity index (χ2v) is 9.36. The molecule has 0 radical (unpaired) electrons. The molecule has 2 amide bonds. The number of urea groups is 1. The normalized spacial score (nSPS) is 10.8. The topological polar surface area (TPSA) is 92.6 Å². The zero-order chi connectivity index (χ0) is 25.8. The van der Waals surface area contributed by atoms with Gasteiger partial charge in [0.25, 0.3) is 0 Å². The number of methoxy groups -OCH3 is 1. The van der Waals surface area contributed by atoms with Crippen LogP contribution in [0.5, 0.6) is 5.75 Å². The first-order valence-corrected chi connectivity index (χ1v) is 12.5. The van der Waals surface area contributed by atoms with Gasteiger partial charge in [-0.1, -0.05) is 48.0 Å². The summed E-state index contributed by atoms with van der Waals surface area (Å²) in [5, 5.41) is 14.1. The van der Waals surface area contributed by atoms with Crippen molar-refractivity contribution in [2.75, 3.05) is 23.1 Å². The van der Waals surface area contributed by atoms with Gasteiger partial charge < -0.3 is 20.7 Å². The highest BCUT2D eigenvalue weighted by Gasteiger charge is 2.13. The van der Waals surface area contributed by atoms with Gasteiger partial charge in [0.05, 0.1) is 23.5 Å². The van der Waals surface area contributed by atoms with Crippen LogP contribution in [0.25, 0.3) is 16.9 Å². The first-order chi connectivity index (χ1) is 18.0. The molecule has 0 bridgehead atoms. The fourth-order valence-corrected chi connectivity index (χ4v) is 4.34. The van der Waals surface area contributed by atoms with E-state index in [9.17, 15) is 4.79 Å². The molecule has 0 aliphatic rings. The maximum Gasteiger partial charge on any atom is 0.323 e. The predicted octanol–water partition coefficient (Wildman–Crippen LogP) is 7.08. The van der Waals surface area contributed by atoms with Crippen molar-refractivity contribution in [3.8, 4) is 17.0 Å². The average molecular weight is 578 g/mol. The lowest BCUT2D eigenvalue weighted by atomic mass is 10.1. The molecule has 5 rings (SSSR count). The monoisotopic (exact) mass is 576 g/mol. The Morgan fingerprint density at radius 2 is 1.78 bits per heavy atom. The fraction of sp³-hybridized carbons (Fsp3) is 0.0741. The number of nitrogens with zero attached hydrogens (tertiary/aromatic N) is 3. The minimum atomic E-state index is -0.338. The number of benzene rings is 3. The predicted molar refractivity (Wildman–Crippen MR) is 151 cm³/mol. The van der Waals surface area contributed by atoms with Crippen LogP contribution in [0.1, 0.15) is 5.56 Å². The molecular formula is C27H22BrClN6O2. The van der Waals surface area contributed by atoms with Crippen LogP contribution in [-0.4, -0.2) is 27.7 Å². The van der Waals surface area contributed by atoms with Gasteiger partial charge in [-0.15, -0.1) is 0 Å². The highest BCUT2D eigenvalue weighted by molar-refractivity contribution is 9.10. The third-order valence-corrected chi connectivity index (χ3v) is 6.48. The van der Waals surface area contributed by atoms with Crippen LogP contribution in [0.3, 0.4) is 0 Å². The molecule has 0 aliphatic carbocycles. The number of fused-ring (bicyclic) bond motifs is 1. The highest BCUT2D eigenvalue weighted by Crippen LogP contribution is 2.30. The largest absolute Gasteiger partial charge is 0.497 e. The third-order valence-electron chi connectivity index (χ3n) is 5.59. The average Bonchev–Trinajstić information content (AvgIpc) is 3.29. The van der Waals surface area contributed by atoms with Gasteiger partial charge in [0.1, 0.15) is 11.6 Å². The van der Waals surface area contributed by atoms with Crippen molar-refractivity contribution in [2.24, 2.45) is 0 Å². The molecule has 5 aromatic rings. The summed E-state index contributed by atoms with van der Waals surface area (Å²) in [6.07, 6.45) is 1.71. The molecule has 0 unspecified atom stereocenters. The molecule has 3 N–H and O–H groups in total. The summed E-state index contributed by atoms with van der Waals surface area (Å²) in [5.74, 6) is 1.44. The number of carbonyl (C=O) groups excluding carboxylic acids is 1. The summed E-state index contributed by atoms with van der Waals surface area (Å²) >= 11 is 9.95. The van der Waals surface area contributed by atoms with E-state index in [1.165, 1.54) is 0 Å². The lowest BCUT2D eigenvalue weighted by Crippen LogP contribution is -2.19. The first-order valence-electron chi connectivity index (χ1n) is 11.3.